The monoisotopic (exact) mass is 255 g/mol. The second-order valence-electron chi connectivity index (χ2n) is 3.81. The fourth-order valence-corrected chi connectivity index (χ4v) is 2.45. The minimum atomic E-state index is -0.0909. The molecule has 2 heterocycles. The van der Waals surface area contributed by atoms with E-state index in [0.717, 1.165) is 32.5 Å². The van der Waals surface area contributed by atoms with Crippen LogP contribution in [0.1, 0.15) is 5.56 Å². The average Bonchev–Trinajstić information content (AvgIpc) is 2.68. The topological polar surface area (TPSA) is 58.6 Å². The molecule has 0 amide bonds. The smallest absolute Gasteiger partial charge is 0.305 e. The van der Waals surface area contributed by atoms with E-state index >= 15 is 0 Å². The van der Waals surface area contributed by atoms with Crippen molar-refractivity contribution < 1.29 is 0 Å². The molecule has 1 N–H and O–H groups in total. The Balaban J connectivity index is 2.21. The molecule has 5 heteroatoms. The summed E-state index contributed by atoms with van der Waals surface area (Å²) in [5.41, 5.74) is 2.66. The lowest BCUT2D eigenvalue weighted by atomic mass is 10.2. The van der Waals surface area contributed by atoms with Crippen molar-refractivity contribution in [2.75, 3.05) is 0 Å². The number of nitrogens with one attached hydrogen (secondary N) is 1. The third-order valence-electron chi connectivity index (χ3n) is 2.54. The van der Waals surface area contributed by atoms with Gasteiger partial charge in [-0.05, 0) is 23.8 Å². The number of thiazole rings is 1. The van der Waals surface area contributed by atoms with Gasteiger partial charge in [0.1, 0.15) is 0 Å². The fourth-order valence-electron chi connectivity index (χ4n) is 1.71. The molecule has 0 saturated carbocycles. The Hall–Kier alpha value is -2.27. The van der Waals surface area contributed by atoms with Gasteiger partial charge in [0.2, 0.25) is 0 Å². The predicted octanol–water partition coefficient (Wildman–Crippen LogP) is 0.619. The maximum absolute atomic E-state index is 11.2. The summed E-state index contributed by atoms with van der Waals surface area (Å²) in [5, 5.41) is 0.643. The Bertz CT molecular complexity index is 879. The number of hydrogen-bond donors (Lipinski definition) is 1. The molecule has 88 valence electrons. The van der Waals surface area contributed by atoms with E-state index in [1.165, 1.54) is 0 Å². The van der Waals surface area contributed by atoms with Gasteiger partial charge in [-0.1, -0.05) is 24.0 Å². The first-order chi connectivity index (χ1) is 8.72. The molecule has 0 spiro atoms. The predicted molar refractivity (Wildman–Crippen MR) is 72.8 cm³/mol. The van der Waals surface area contributed by atoms with Crippen molar-refractivity contribution in [1.29, 1.82) is 0 Å². The van der Waals surface area contributed by atoms with E-state index in [1.807, 2.05) is 24.3 Å². The Labute approximate surface area is 106 Å². The Kier molecular flexibility index (Phi) is 2.53. The maximum atomic E-state index is 11.2. The van der Waals surface area contributed by atoms with Crippen molar-refractivity contribution >= 4 is 35.0 Å². The van der Waals surface area contributed by atoms with E-state index in [-0.39, 0.29) is 4.87 Å². The molecule has 2 aromatic heterocycles. The van der Waals surface area contributed by atoms with Crippen LogP contribution in [-0.4, -0.2) is 15.0 Å². The number of nitrogens with zero attached hydrogens (tertiary/aromatic N) is 2. The molecular formula is C13H9N3OS. The minimum Gasteiger partial charge on any atom is -0.313 e. The zero-order valence-corrected chi connectivity index (χ0v) is 10.2. The van der Waals surface area contributed by atoms with Crippen LogP contribution in [0, 0.1) is 0 Å². The number of aromatic amines is 1. The minimum absolute atomic E-state index is 0.0909. The molecule has 18 heavy (non-hydrogen) atoms. The van der Waals surface area contributed by atoms with E-state index < -0.39 is 0 Å². The van der Waals surface area contributed by atoms with Crippen LogP contribution in [0.2, 0.25) is 0 Å². The molecule has 3 aromatic rings. The van der Waals surface area contributed by atoms with Crippen molar-refractivity contribution in [2.45, 2.75) is 0 Å². The number of rotatable bonds is 1. The van der Waals surface area contributed by atoms with Crippen molar-refractivity contribution in [1.82, 2.24) is 15.0 Å². The van der Waals surface area contributed by atoms with Gasteiger partial charge in [-0.15, -0.1) is 0 Å². The van der Waals surface area contributed by atoms with Crippen molar-refractivity contribution in [3.63, 3.8) is 0 Å². The normalized spacial score (nSPS) is 12.1. The lowest BCUT2D eigenvalue weighted by Crippen LogP contribution is -2.19. The van der Waals surface area contributed by atoms with Gasteiger partial charge in [-0.25, -0.2) is 0 Å². The van der Waals surface area contributed by atoms with E-state index in [9.17, 15) is 4.79 Å². The van der Waals surface area contributed by atoms with Gasteiger partial charge in [0.25, 0.3) is 0 Å². The summed E-state index contributed by atoms with van der Waals surface area (Å²) in [5.74, 6) is 0. The number of hydrogen-bond acceptors (Lipinski definition) is 4. The van der Waals surface area contributed by atoms with Crippen LogP contribution in [0.3, 0.4) is 0 Å². The lowest BCUT2D eigenvalue weighted by molar-refractivity contribution is 1.27. The van der Waals surface area contributed by atoms with Crippen LogP contribution >= 0.6 is 11.3 Å². The summed E-state index contributed by atoms with van der Waals surface area (Å²) in [4.78, 5) is 22.2. The van der Waals surface area contributed by atoms with Gasteiger partial charge in [-0.2, -0.15) is 0 Å². The second kappa shape index (κ2) is 4.19. The zero-order valence-electron chi connectivity index (χ0n) is 9.38. The summed E-state index contributed by atoms with van der Waals surface area (Å²) in [6.45, 7) is 3.80. The molecule has 0 aliphatic carbocycles. The van der Waals surface area contributed by atoms with Crippen LogP contribution in [0.25, 0.3) is 23.7 Å². The molecule has 0 fully saturated rings. The molecule has 1 aromatic carbocycles. The molecule has 0 aliphatic heterocycles. The Morgan fingerprint density at radius 3 is 2.72 bits per heavy atom. The molecule has 0 aliphatic rings. The van der Waals surface area contributed by atoms with E-state index in [1.54, 1.807) is 12.4 Å². The van der Waals surface area contributed by atoms with Crippen molar-refractivity contribution in [3.05, 3.63) is 55.7 Å². The summed E-state index contributed by atoms with van der Waals surface area (Å²) >= 11 is 1.15. The first-order valence-corrected chi connectivity index (χ1v) is 6.14. The SMILES string of the molecule is C=c1[nH]c(=O)s/c1=C\c1ccc2nccnc2c1. The highest BCUT2D eigenvalue weighted by Crippen LogP contribution is 2.10. The van der Waals surface area contributed by atoms with E-state index in [4.69, 9.17) is 0 Å². The van der Waals surface area contributed by atoms with Gasteiger partial charge in [0.05, 0.1) is 20.9 Å². The summed E-state index contributed by atoms with van der Waals surface area (Å²) in [7, 11) is 0. The number of aromatic nitrogens is 3. The van der Waals surface area contributed by atoms with Gasteiger partial charge < -0.3 is 4.98 Å². The van der Waals surface area contributed by atoms with Crippen LogP contribution in [0.5, 0.6) is 0 Å². The molecule has 0 atom stereocenters. The zero-order chi connectivity index (χ0) is 12.5. The largest absolute Gasteiger partial charge is 0.313 e. The quantitative estimate of drug-likeness (QED) is 0.693. The molecule has 0 saturated heterocycles. The standard InChI is InChI=1S/C13H9N3OS/c1-8-12(18-13(17)16-8)7-9-2-3-10-11(6-9)15-5-4-14-10/h2-7H,1H2,(H,16,17)/b12-7-. The van der Waals surface area contributed by atoms with Gasteiger partial charge in [0.15, 0.2) is 0 Å². The lowest BCUT2D eigenvalue weighted by Gasteiger charge is -1.96. The molecule has 3 rings (SSSR count). The van der Waals surface area contributed by atoms with Gasteiger partial charge in [0, 0.05) is 12.4 Å². The number of benzene rings is 1. The molecule has 0 unspecified atom stereocenters. The third kappa shape index (κ3) is 1.96. The number of H-pyrrole nitrogens is 1. The molecule has 4 nitrogen and oxygen atoms in total. The Morgan fingerprint density at radius 2 is 2.00 bits per heavy atom. The van der Waals surface area contributed by atoms with Crippen LogP contribution < -0.4 is 14.8 Å². The Morgan fingerprint density at radius 1 is 1.22 bits per heavy atom. The molecular weight excluding hydrogens is 246 g/mol. The maximum Gasteiger partial charge on any atom is 0.305 e. The fraction of sp³-hybridized carbons (Fsp3) is 0. The highest BCUT2D eigenvalue weighted by Gasteiger charge is 1.97. The third-order valence-corrected chi connectivity index (χ3v) is 3.42. The summed E-state index contributed by atoms with van der Waals surface area (Å²) in [6.07, 6.45) is 5.24. The first kappa shape index (κ1) is 10.9. The van der Waals surface area contributed by atoms with Crippen LogP contribution in [0.15, 0.2) is 35.4 Å². The highest BCUT2D eigenvalue weighted by molar-refractivity contribution is 7.07. The summed E-state index contributed by atoms with van der Waals surface area (Å²) in [6, 6.07) is 5.79. The van der Waals surface area contributed by atoms with Crippen LogP contribution in [-0.2, 0) is 0 Å². The first-order valence-electron chi connectivity index (χ1n) is 5.33. The van der Waals surface area contributed by atoms with Gasteiger partial charge in [-0.3, -0.25) is 14.8 Å². The second-order valence-corrected chi connectivity index (χ2v) is 4.82. The molecule has 0 radical (unpaired) electrons. The summed E-state index contributed by atoms with van der Waals surface area (Å²) < 4.78 is 0.836. The van der Waals surface area contributed by atoms with E-state index in [2.05, 4.69) is 21.5 Å². The highest BCUT2D eigenvalue weighted by atomic mass is 32.1. The van der Waals surface area contributed by atoms with Crippen molar-refractivity contribution in [2.24, 2.45) is 0 Å². The average molecular weight is 255 g/mol. The van der Waals surface area contributed by atoms with Crippen LogP contribution in [0.4, 0.5) is 0 Å². The molecule has 0 bridgehead atoms. The number of fused-ring (bicyclic) bond motifs is 1. The van der Waals surface area contributed by atoms with E-state index in [0.29, 0.717) is 5.35 Å². The van der Waals surface area contributed by atoms with Gasteiger partial charge >= 0.3 is 4.87 Å². The van der Waals surface area contributed by atoms with Crippen molar-refractivity contribution in [3.8, 4) is 0 Å².